The Bertz CT molecular complexity index is 564. The quantitative estimate of drug-likeness (QED) is 0.414. The zero-order valence-corrected chi connectivity index (χ0v) is 18.5. The number of rotatable bonds is 4. The van der Waals surface area contributed by atoms with E-state index in [0.29, 0.717) is 6.54 Å². The third-order valence-corrected chi connectivity index (χ3v) is 4.70. The molecule has 0 radical (unpaired) electrons. The molecule has 2 unspecified atom stereocenters. The van der Waals surface area contributed by atoms with Gasteiger partial charge in [0.2, 0.25) is 0 Å². The van der Waals surface area contributed by atoms with E-state index in [1.807, 2.05) is 6.20 Å². The molecule has 2 atom stereocenters. The standard InChI is InChI=1S/C19H31N5O.HI/c1-4-20-19(23-9-5-6-10-23)22-12-17-7-8-18(21-11-17)24-13-15(2)25-16(3)14-24;/h7-8,11,15-16H,4-6,9-10,12-14H2,1-3H3,(H,20,22);1H. The molecule has 0 aromatic carbocycles. The van der Waals surface area contributed by atoms with Gasteiger partial charge < -0.3 is 19.9 Å². The summed E-state index contributed by atoms with van der Waals surface area (Å²) in [5.74, 6) is 2.06. The first-order chi connectivity index (χ1) is 12.2. The summed E-state index contributed by atoms with van der Waals surface area (Å²) in [5.41, 5.74) is 1.15. The second-order valence-corrected chi connectivity index (χ2v) is 7.05. The smallest absolute Gasteiger partial charge is 0.194 e. The monoisotopic (exact) mass is 473 g/mol. The highest BCUT2D eigenvalue weighted by Gasteiger charge is 2.23. The zero-order chi connectivity index (χ0) is 17.6. The molecule has 146 valence electrons. The minimum absolute atomic E-state index is 0. The van der Waals surface area contributed by atoms with E-state index in [-0.39, 0.29) is 36.2 Å². The van der Waals surface area contributed by atoms with Gasteiger partial charge in [-0.3, -0.25) is 0 Å². The summed E-state index contributed by atoms with van der Waals surface area (Å²) in [4.78, 5) is 14.1. The molecule has 0 bridgehead atoms. The Morgan fingerprint density at radius 3 is 2.50 bits per heavy atom. The van der Waals surface area contributed by atoms with Gasteiger partial charge in [0.1, 0.15) is 5.82 Å². The van der Waals surface area contributed by atoms with Crippen LogP contribution >= 0.6 is 24.0 Å². The zero-order valence-electron chi connectivity index (χ0n) is 16.1. The highest BCUT2D eigenvalue weighted by atomic mass is 127. The van der Waals surface area contributed by atoms with E-state index in [0.717, 1.165) is 50.1 Å². The molecule has 2 fully saturated rings. The molecule has 0 amide bonds. The molecule has 3 heterocycles. The van der Waals surface area contributed by atoms with Crippen LogP contribution in [0.25, 0.3) is 0 Å². The SMILES string of the molecule is CCNC(=NCc1ccc(N2CC(C)OC(C)C2)nc1)N1CCCC1.I. The largest absolute Gasteiger partial charge is 0.372 e. The molecule has 0 spiro atoms. The first-order valence-electron chi connectivity index (χ1n) is 9.54. The number of guanidine groups is 1. The van der Waals surface area contributed by atoms with Gasteiger partial charge in [0.25, 0.3) is 0 Å². The van der Waals surface area contributed by atoms with Gasteiger partial charge in [-0.05, 0) is 45.2 Å². The molecule has 0 aliphatic carbocycles. The number of anilines is 1. The van der Waals surface area contributed by atoms with Crippen molar-refractivity contribution in [1.82, 2.24) is 15.2 Å². The van der Waals surface area contributed by atoms with E-state index in [2.05, 4.69) is 53.0 Å². The first kappa shape index (κ1) is 21.2. The van der Waals surface area contributed by atoms with Crippen LogP contribution in [0.1, 0.15) is 39.2 Å². The van der Waals surface area contributed by atoms with Crippen LogP contribution in [0.2, 0.25) is 0 Å². The van der Waals surface area contributed by atoms with Gasteiger partial charge in [0, 0.05) is 38.9 Å². The maximum absolute atomic E-state index is 5.80. The predicted molar refractivity (Wildman–Crippen MR) is 117 cm³/mol. The number of ether oxygens (including phenoxy) is 1. The van der Waals surface area contributed by atoms with Gasteiger partial charge in [0.15, 0.2) is 5.96 Å². The van der Waals surface area contributed by atoms with Crippen molar-refractivity contribution in [2.75, 3.05) is 37.6 Å². The van der Waals surface area contributed by atoms with Gasteiger partial charge in [-0.25, -0.2) is 9.98 Å². The van der Waals surface area contributed by atoms with Crippen molar-refractivity contribution in [3.8, 4) is 0 Å². The van der Waals surface area contributed by atoms with Gasteiger partial charge in [-0.15, -0.1) is 24.0 Å². The number of nitrogens with zero attached hydrogens (tertiary/aromatic N) is 4. The molecule has 26 heavy (non-hydrogen) atoms. The maximum atomic E-state index is 5.80. The van der Waals surface area contributed by atoms with E-state index in [1.54, 1.807) is 0 Å². The van der Waals surface area contributed by atoms with Crippen molar-refractivity contribution in [2.45, 2.75) is 52.4 Å². The van der Waals surface area contributed by atoms with Crippen LogP contribution in [-0.4, -0.2) is 60.8 Å². The molecule has 7 heteroatoms. The molecule has 2 aliphatic rings. The molecule has 1 N–H and O–H groups in total. The summed E-state index contributed by atoms with van der Waals surface area (Å²) in [6, 6.07) is 4.25. The summed E-state index contributed by atoms with van der Waals surface area (Å²) in [5, 5.41) is 3.40. The van der Waals surface area contributed by atoms with Crippen molar-refractivity contribution < 1.29 is 4.74 Å². The molecule has 6 nitrogen and oxygen atoms in total. The average Bonchev–Trinajstić information content (AvgIpc) is 3.12. The number of aliphatic imine (C=N–C) groups is 1. The lowest BCUT2D eigenvalue weighted by molar-refractivity contribution is -0.00545. The second kappa shape index (κ2) is 10.3. The molecule has 2 aliphatic heterocycles. The Morgan fingerprint density at radius 1 is 1.23 bits per heavy atom. The van der Waals surface area contributed by atoms with Crippen molar-refractivity contribution >= 4 is 35.8 Å². The number of hydrogen-bond donors (Lipinski definition) is 1. The number of halogens is 1. The minimum Gasteiger partial charge on any atom is -0.372 e. The fourth-order valence-electron chi connectivity index (χ4n) is 3.58. The summed E-state index contributed by atoms with van der Waals surface area (Å²) in [7, 11) is 0. The molecule has 3 rings (SSSR count). The Hall–Kier alpha value is -1.09. The van der Waals surface area contributed by atoms with Crippen molar-refractivity contribution in [3.63, 3.8) is 0 Å². The molecule has 2 saturated heterocycles. The minimum atomic E-state index is 0. The number of likely N-dealkylation sites (tertiary alicyclic amines) is 1. The molecular weight excluding hydrogens is 441 g/mol. The fourth-order valence-corrected chi connectivity index (χ4v) is 3.58. The second-order valence-electron chi connectivity index (χ2n) is 7.05. The summed E-state index contributed by atoms with van der Waals surface area (Å²) < 4.78 is 5.80. The van der Waals surface area contributed by atoms with Crippen LogP contribution in [0.15, 0.2) is 23.3 Å². The van der Waals surface area contributed by atoms with E-state index < -0.39 is 0 Å². The van der Waals surface area contributed by atoms with Crippen molar-refractivity contribution in [3.05, 3.63) is 23.9 Å². The van der Waals surface area contributed by atoms with Crippen molar-refractivity contribution in [1.29, 1.82) is 0 Å². The average molecular weight is 473 g/mol. The fraction of sp³-hybridized carbons (Fsp3) is 0.684. The number of pyridine rings is 1. The Labute approximate surface area is 174 Å². The highest BCUT2D eigenvalue weighted by molar-refractivity contribution is 14.0. The molecular formula is C19H32IN5O. The van der Waals surface area contributed by atoms with Crippen LogP contribution in [0.3, 0.4) is 0 Å². The van der Waals surface area contributed by atoms with Crippen LogP contribution in [0.4, 0.5) is 5.82 Å². The van der Waals surface area contributed by atoms with Gasteiger partial charge in [-0.2, -0.15) is 0 Å². The Kier molecular flexibility index (Phi) is 8.40. The van der Waals surface area contributed by atoms with Gasteiger partial charge in [-0.1, -0.05) is 6.07 Å². The van der Waals surface area contributed by atoms with Crippen LogP contribution in [0, 0.1) is 0 Å². The molecule has 1 aromatic rings. The van der Waals surface area contributed by atoms with Gasteiger partial charge in [0.05, 0.1) is 18.8 Å². The van der Waals surface area contributed by atoms with Gasteiger partial charge >= 0.3 is 0 Å². The lowest BCUT2D eigenvalue weighted by atomic mass is 10.2. The summed E-state index contributed by atoms with van der Waals surface area (Å²) in [6.45, 7) is 11.9. The lowest BCUT2D eigenvalue weighted by Gasteiger charge is -2.36. The van der Waals surface area contributed by atoms with Crippen LogP contribution in [-0.2, 0) is 11.3 Å². The van der Waals surface area contributed by atoms with E-state index in [1.165, 1.54) is 12.8 Å². The Balaban J connectivity index is 0.00000243. The van der Waals surface area contributed by atoms with Crippen LogP contribution < -0.4 is 10.2 Å². The summed E-state index contributed by atoms with van der Waals surface area (Å²) >= 11 is 0. The maximum Gasteiger partial charge on any atom is 0.194 e. The predicted octanol–water partition coefficient (Wildman–Crippen LogP) is 2.87. The molecule has 0 saturated carbocycles. The van der Waals surface area contributed by atoms with E-state index >= 15 is 0 Å². The third kappa shape index (κ3) is 5.70. The number of aromatic nitrogens is 1. The normalized spacial score (nSPS) is 23.7. The van der Waals surface area contributed by atoms with Crippen molar-refractivity contribution in [2.24, 2.45) is 4.99 Å². The van der Waals surface area contributed by atoms with Crippen LogP contribution in [0.5, 0.6) is 0 Å². The number of morpholine rings is 1. The van der Waals surface area contributed by atoms with E-state index in [9.17, 15) is 0 Å². The first-order valence-corrected chi connectivity index (χ1v) is 9.54. The number of nitrogens with one attached hydrogen (secondary N) is 1. The number of hydrogen-bond acceptors (Lipinski definition) is 4. The third-order valence-electron chi connectivity index (χ3n) is 4.70. The lowest BCUT2D eigenvalue weighted by Crippen LogP contribution is -2.45. The highest BCUT2D eigenvalue weighted by Crippen LogP contribution is 2.18. The Morgan fingerprint density at radius 2 is 1.92 bits per heavy atom. The molecule has 1 aromatic heterocycles. The summed E-state index contributed by atoms with van der Waals surface area (Å²) in [6.07, 6.45) is 4.97. The topological polar surface area (TPSA) is 53.0 Å². The van der Waals surface area contributed by atoms with E-state index in [4.69, 9.17) is 9.73 Å².